The number of hydrogen-bond acceptors (Lipinski definition) is 3. The minimum atomic E-state index is -2.70. The van der Waals surface area contributed by atoms with Crippen molar-refractivity contribution in [2.75, 3.05) is 13.7 Å². The van der Waals surface area contributed by atoms with Gasteiger partial charge >= 0.3 is 0 Å². The minimum Gasteiger partial charge on any atom is -0.497 e. The van der Waals surface area contributed by atoms with E-state index in [1.54, 1.807) is 24.3 Å². The molecule has 1 heterocycles. The van der Waals surface area contributed by atoms with Crippen molar-refractivity contribution in [2.24, 2.45) is 0 Å². The number of hydrogen-bond donors (Lipinski definition) is 1. The molecule has 1 aliphatic heterocycles. The summed E-state index contributed by atoms with van der Waals surface area (Å²) in [7, 11) is 1.46. The smallest absolute Gasteiger partial charge is 0.260 e. The molecule has 0 saturated heterocycles. The summed E-state index contributed by atoms with van der Waals surface area (Å²) in [6, 6.07) is 10.7. The van der Waals surface area contributed by atoms with E-state index in [9.17, 15) is 31.9 Å². The van der Waals surface area contributed by atoms with E-state index in [1.165, 1.54) is 7.11 Å². The van der Waals surface area contributed by atoms with Gasteiger partial charge in [-0.1, -0.05) is 24.3 Å². The standard InChI is InChI=1S/C23H16F5NO3/c1-32-15-4-2-3-12(11-15)9-10-29-22(30)16-17(19(26)21(28)20(27)18(16)25)23(29,31)13-5-7-14(24)8-6-13/h2-8,11,31H,9-10H2,1H3. The van der Waals surface area contributed by atoms with E-state index in [0.717, 1.165) is 24.3 Å². The average Bonchev–Trinajstić information content (AvgIpc) is 3.02. The van der Waals surface area contributed by atoms with E-state index in [2.05, 4.69) is 0 Å². The molecule has 0 aromatic heterocycles. The second kappa shape index (κ2) is 7.90. The number of methoxy groups -OCH3 is 1. The fraction of sp³-hybridized carbons (Fsp3) is 0.174. The van der Waals surface area contributed by atoms with Crippen LogP contribution in [0.5, 0.6) is 5.75 Å². The number of halogens is 5. The molecule has 1 unspecified atom stereocenters. The molecule has 166 valence electrons. The number of ether oxygens (including phenoxy) is 1. The number of nitrogens with zero attached hydrogens (tertiary/aromatic N) is 1. The normalized spacial score (nSPS) is 17.6. The van der Waals surface area contributed by atoms with Crippen molar-refractivity contribution in [1.29, 1.82) is 0 Å². The van der Waals surface area contributed by atoms with E-state index in [1.807, 2.05) is 0 Å². The Hall–Kier alpha value is -3.46. The van der Waals surface area contributed by atoms with Gasteiger partial charge in [0.1, 0.15) is 11.6 Å². The number of amides is 1. The third kappa shape index (κ3) is 3.20. The lowest BCUT2D eigenvalue weighted by molar-refractivity contribution is -0.0517. The van der Waals surface area contributed by atoms with Gasteiger partial charge in [-0.3, -0.25) is 4.79 Å². The monoisotopic (exact) mass is 449 g/mol. The predicted molar refractivity (Wildman–Crippen MR) is 103 cm³/mol. The Morgan fingerprint density at radius 3 is 2.25 bits per heavy atom. The highest BCUT2D eigenvalue weighted by molar-refractivity contribution is 6.00. The molecule has 1 N–H and O–H groups in total. The largest absolute Gasteiger partial charge is 0.497 e. The zero-order valence-corrected chi connectivity index (χ0v) is 16.6. The van der Waals surface area contributed by atoms with Gasteiger partial charge in [0.25, 0.3) is 5.91 Å². The first-order valence-corrected chi connectivity index (χ1v) is 9.49. The molecule has 3 aromatic rings. The number of carbonyl (C=O) groups is 1. The minimum absolute atomic E-state index is 0.106. The molecule has 4 rings (SSSR count). The van der Waals surface area contributed by atoms with Crippen molar-refractivity contribution in [3.63, 3.8) is 0 Å². The Kier molecular flexibility index (Phi) is 5.37. The zero-order valence-electron chi connectivity index (χ0n) is 16.6. The van der Waals surface area contributed by atoms with Crippen LogP contribution in [0.4, 0.5) is 22.0 Å². The maximum absolute atomic E-state index is 14.8. The topological polar surface area (TPSA) is 49.8 Å². The van der Waals surface area contributed by atoms with E-state index in [4.69, 9.17) is 4.74 Å². The summed E-state index contributed by atoms with van der Waals surface area (Å²) in [5.74, 6) is -9.54. The van der Waals surface area contributed by atoms with Gasteiger partial charge in [-0.05, 0) is 36.2 Å². The molecule has 0 radical (unpaired) electrons. The maximum Gasteiger partial charge on any atom is 0.260 e. The molecule has 0 aliphatic carbocycles. The SMILES string of the molecule is COc1cccc(CCN2C(=O)c3c(F)c(F)c(F)c(F)c3C2(O)c2ccc(F)cc2)c1. The molecule has 0 fully saturated rings. The van der Waals surface area contributed by atoms with E-state index >= 15 is 0 Å². The second-order valence-corrected chi connectivity index (χ2v) is 7.24. The summed E-state index contributed by atoms with van der Waals surface area (Å²) in [5.41, 5.74) is -4.43. The van der Waals surface area contributed by atoms with Crippen LogP contribution in [0.15, 0.2) is 48.5 Å². The van der Waals surface area contributed by atoms with Crippen LogP contribution in [0.2, 0.25) is 0 Å². The van der Waals surface area contributed by atoms with Crippen LogP contribution >= 0.6 is 0 Å². The van der Waals surface area contributed by atoms with Crippen molar-refractivity contribution in [2.45, 2.75) is 12.1 Å². The van der Waals surface area contributed by atoms with Crippen LogP contribution < -0.4 is 4.74 Å². The first kappa shape index (κ1) is 21.8. The van der Waals surface area contributed by atoms with Crippen LogP contribution in [-0.2, 0) is 12.1 Å². The molecular weight excluding hydrogens is 433 g/mol. The van der Waals surface area contributed by atoms with Gasteiger partial charge in [-0.25, -0.2) is 22.0 Å². The van der Waals surface area contributed by atoms with E-state index in [-0.39, 0.29) is 18.5 Å². The number of aliphatic hydroxyl groups is 1. The summed E-state index contributed by atoms with van der Waals surface area (Å²) in [6.07, 6.45) is 0.106. The number of rotatable bonds is 5. The Morgan fingerprint density at radius 2 is 1.59 bits per heavy atom. The molecule has 0 saturated carbocycles. The number of fused-ring (bicyclic) bond motifs is 1. The Morgan fingerprint density at radius 1 is 0.938 bits per heavy atom. The van der Waals surface area contributed by atoms with Crippen molar-refractivity contribution < 1.29 is 36.6 Å². The third-order valence-electron chi connectivity index (χ3n) is 5.47. The molecule has 3 aromatic carbocycles. The number of benzene rings is 3. The van der Waals surface area contributed by atoms with Crippen molar-refractivity contribution in [3.05, 3.63) is 99.9 Å². The van der Waals surface area contributed by atoms with Crippen LogP contribution in [-0.4, -0.2) is 29.6 Å². The maximum atomic E-state index is 14.8. The summed E-state index contributed by atoms with van der Waals surface area (Å²) in [6.45, 7) is -0.281. The molecule has 0 spiro atoms. The van der Waals surface area contributed by atoms with Gasteiger partial charge in [0, 0.05) is 12.1 Å². The summed E-state index contributed by atoms with van der Waals surface area (Å²) >= 11 is 0. The van der Waals surface area contributed by atoms with Crippen LogP contribution in [0, 0.1) is 29.1 Å². The quantitative estimate of drug-likeness (QED) is 0.359. The van der Waals surface area contributed by atoms with Crippen LogP contribution in [0.3, 0.4) is 0 Å². The predicted octanol–water partition coefficient (Wildman–Crippen LogP) is 4.28. The molecule has 1 amide bonds. The summed E-state index contributed by atoms with van der Waals surface area (Å²) < 4.78 is 75.9. The fourth-order valence-corrected chi connectivity index (χ4v) is 3.89. The fourth-order valence-electron chi connectivity index (χ4n) is 3.89. The Bertz CT molecular complexity index is 1220. The van der Waals surface area contributed by atoms with Gasteiger partial charge in [0.05, 0.1) is 18.2 Å². The third-order valence-corrected chi connectivity index (χ3v) is 5.47. The lowest BCUT2D eigenvalue weighted by atomic mass is 9.92. The Labute approximate surface area is 179 Å². The average molecular weight is 449 g/mol. The lowest BCUT2D eigenvalue weighted by Gasteiger charge is -2.35. The molecule has 32 heavy (non-hydrogen) atoms. The second-order valence-electron chi connectivity index (χ2n) is 7.24. The van der Waals surface area contributed by atoms with E-state index in [0.29, 0.717) is 16.2 Å². The van der Waals surface area contributed by atoms with Gasteiger partial charge in [0.15, 0.2) is 29.0 Å². The van der Waals surface area contributed by atoms with Gasteiger partial charge in [-0.15, -0.1) is 0 Å². The number of carbonyl (C=O) groups excluding carboxylic acids is 1. The lowest BCUT2D eigenvalue weighted by Crippen LogP contribution is -2.46. The highest BCUT2D eigenvalue weighted by Gasteiger charge is 2.54. The molecule has 4 nitrogen and oxygen atoms in total. The molecule has 1 atom stereocenters. The van der Waals surface area contributed by atoms with Crippen LogP contribution in [0.25, 0.3) is 0 Å². The molecular formula is C23H16F5NO3. The highest BCUT2D eigenvalue weighted by Crippen LogP contribution is 2.45. The zero-order chi connectivity index (χ0) is 23.2. The first-order chi connectivity index (χ1) is 15.2. The first-order valence-electron chi connectivity index (χ1n) is 9.49. The molecule has 1 aliphatic rings. The van der Waals surface area contributed by atoms with Gasteiger partial charge in [0.2, 0.25) is 0 Å². The van der Waals surface area contributed by atoms with Crippen molar-refractivity contribution >= 4 is 5.91 Å². The van der Waals surface area contributed by atoms with Crippen LogP contribution in [0.1, 0.15) is 27.0 Å². The summed E-state index contributed by atoms with van der Waals surface area (Å²) in [4.78, 5) is 13.7. The Balaban J connectivity index is 1.86. The van der Waals surface area contributed by atoms with Gasteiger partial charge in [-0.2, -0.15) is 0 Å². The highest BCUT2D eigenvalue weighted by atomic mass is 19.2. The van der Waals surface area contributed by atoms with E-state index < -0.39 is 51.8 Å². The van der Waals surface area contributed by atoms with Gasteiger partial charge < -0.3 is 14.7 Å². The van der Waals surface area contributed by atoms with Crippen molar-refractivity contribution in [3.8, 4) is 5.75 Å². The molecule has 0 bridgehead atoms. The van der Waals surface area contributed by atoms with Crippen molar-refractivity contribution in [1.82, 2.24) is 4.90 Å². The summed E-state index contributed by atoms with van der Waals surface area (Å²) in [5, 5.41) is 11.5. The molecule has 9 heteroatoms.